The van der Waals surface area contributed by atoms with Gasteiger partial charge in [-0.3, -0.25) is 4.79 Å². The van der Waals surface area contributed by atoms with Crippen molar-refractivity contribution in [3.05, 3.63) is 0 Å². The molecule has 78 valence electrons. The first kappa shape index (κ1) is 12.4. The maximum atomic E-state index is 11.0. The van der Waals surface area contributed by atoms with Gasteiger partial charge in [-0.25, -0.2) is 0 Å². The summed E-state index contributed by atoms with van der Waals surface area (Å²) in [5, 5.41) is 12.1. The Hall–Kier alpha value is -0.610. The molecule has 0 aliphatic carbocycles. The van der Waals surface area contributed by atoms with Gasteiger partial charge in [-0.05, 0) is 27.7 Å². The number of ether oxygens (including phenoxy) is 1. The van der Waals surface area contributed by atoms with Gasteiger partial charge in [-0.1, -0.05) is 0 Å². The molecule has 0 bridgehead atoms. The molecular formula is C9H19NO3. The first-order valence-electron chi connectivity index (χ1n) is 4.44. The number of rotatable bonds is 5. The van der Waals surface area contributed by atoms with Gasteiger partial charge in [0.2, 0.25) is 0 Å². The summed E-state index contributed by atoms with van der Waals surface area (Å²) in [5.74, 6) is -0.292. The van der Waals surface area contributed by atoms with E-state index in [4.69, 9.17) is 4.74 Å². The topological polar surface area (TPSA) is 58.6 Å². The van der Waals surface area contributed by atoms with E-state index >= 15 is 0 Å². The largest absolute Gasteiger partial charge is 0.462 e. The van der Waals surface area contributed by atoms with Crippen LogP contribution in [0.15, 0.2) is 0 Å². The number of carbonyl (C=O) groups excluding carboxylic acids is 1. The van der Waals surface area contributed by atoms with Gasteiger partial charge < -0.3 is 15.2 Å². The molecule has 0 radical (unpaired) electrons. The standard InChI is InChI=1S/C9H19NO3/c1-7(2)13-8(11)5-10-6-9(3,4)12/h7,10,12H,5-6H2,1-4H3. The second kappa shape index (κ2) is 5.19. The van der Waals surface area contributed by atoms with Gasteiger partial charge in [-0.2, -0.15) is 0 Å². The first-order valence-corrected chi connectivity index (χ1v) is 4.44. The highest BCUT2D eigenvalue weighted by Gasteiger charge is 2.12. The summed E-state index contributed by atoms with van der Waals surface area (Å²) in [4.78, 5) is 11.0. The Morgan fingerprint density at radius 1 is 1.54 bits per heavy atom. The lowest BCUT2D eigenvalue weighted by Gasteiger charge is -2.17. The normalized spacial score (nSPS) is 11.8. The van der Waals surface area contributed by atoms with E-state index in [-0.39, 0.29) is 18.6 Å². The predicted molar refractivity (Wildman–Crippen MR) is 50.4 cm³/mol. The number of aliphatic hydroxyl groups is 1. The van der Waals surface area contributed by atoms with Crippen LogP contribution < -0.4 is 5.32 Å². The molecular weight excluding hydrogens is 170 g/mol. The summed E-state index contributed by atoms with van der Waals surface area (Å²) in [6.45, 7) is 7.46. The second-order valence-corrected chi connectivity index (χ2v) is 3.95. The van der Waals surface area contributed by atoms with Crippen LogP contribution in [0, 0.1) is 0 Å². The zero-order valence-corrected chi connectivity index (χ0v) is 8.76. The number of hydrogen-bond donors (Lipinski definition) is 2. The van der Waals surface area contributed by atoms with E-state index in [1.807, 2.05) is 0 Å². The third-order valence-electron chi connectivity index (χ3n) is 1.19. The lowest BCUT2D eigenvalue weighted by Crippen LogP contribution is -2.38. The Morgan fingerprint density at radius 3 is 2.46 bits per heavy atom. The second-order valence-electron chi connectivity index (χ2n) is 3.95. The fourth-order valence-corrected chi connectivity index (χ4v) is 0.775. The molecule has 0 saturated heterocycles. The maximum absolute atomic E-state index is 11.0. The fraction of sp³-hybridized carbons (Fsp3) is 0.889. The Bertz CT molecular complexity index is 161. The van der Waals surface area contributed by atoms with E-state index in [1.165, 1.54) is 0 Å². The third-order valence-corrected chi connectivity index (χ3v) is 1.19. The highest BCUT2D eigenvalue weighted by Crippen LogP contribution is 1.96. The molecule has 0 atom stereocenters. The van der Waals surface area contributed by atoms with Crippen LogP contribution in [0.5, 0.6) is 0 Å². The molecule has 0 heterocycles. The molecule has 4 nitrogen and oxygen atoms in total. The molecule has 0 unspecified atom stereocenters. The van der Waals surface area contributed by atoms with E-state index in [9.17, 15) is 9.90 Å². The Kier molecular flexibility index (Phi) is 4.95. The van der Waals surface area contributed by atoms with Crippen LogP contribution in [0.2, 0.25) is 0 Å². The van der Waals surface area contributed by atoms with Crippen molar-refractivity contribution in [3.63, 3.8) is 0 Å². The smallest absolute Gasteiger partial charge is 0.320 e. The number of carbonyl (C=O) groups is 1. The van der Waals surface area contributed by atoms with Gasteiger partial charge in [0.15, 0.2) is 0 Å². The molecule has 0 spiro atoms. The molecule has 0 rings (SSSR count). The average Bonchev–Trinajstić information content (AvgIpc) is 1.81. The molecule has 0 saturated carbocycles. The lowest BCUT2D eigenvalue weighted by atomic mass is 10.1. The predicted octanol–water partition coefficient (Wildman–Crippen LogP) is 0.299. The number of nitrogens with one attached hydrogen (secondary N) is 1. The minimum absolute atomic E-state index is 0.0866. The molecule has 0 aromatic rings. The molecule has 0 aliphatic rings. The molecule has 0 aromatic carbocycles. The van der Waals surface area contributed by atoms with E-state index < -0.39 is 5.60 Å². The first-order chi connectivity index (χ1) is 5.81. The van der Waals surface area contributed by atoms with Crippen molar-refractivity contribution in [2.45, 2.75) is 39.4 Å². The van der Waals surface area contributed by atoms with Crippen molar-refractivity contribution in [3.8, 4) is 0 Å². The van der Waals surface area contributed by atoms with Gasteiger partial charge in [-0.15, -0.1) is 0 Å². The van der Waals surface area contributed by atoms with Crippen molar-refractivity contribution < 1.29 is 14.6 Å². The Labute approximate surface area is 79.3 Å². The average molecular weight is 189 g/mol. The van der Waals surface area contributed by atoms with Crippen molar-refractivity contribution in [2.24, 2.45) is 0 Å². The minimum Gasteiger partial charge on any atom is -0.462 e. The van der Waals surface area contributed by atoms with E-state index in [0.29, 0.717) is 6.54 Å². The fourth-order valence-electron chi connectivity index (χ4n) is 0.775. The summed E-state index contributed by atoms with van der Waals surface area (Å²) in [6, 6.07) is 0. The molecule has 0 aliphatic heterocycles. The van der Waals surface area contributed by atoms with Gasteiger partial charge in [0.25, 0.3) is 0 Å². The molecule has 0 fully saturated rings. The monoisotopic (exact) mass is 189 g/mol. The zero-order valence-electron chi connectivity index (χ0n) is 8.76. The molecule has 0 amide bonds. The number of esters is 1. The van der Waals surface area contributed by atoms with E-state index in [0.717, 1.165) is 0 Å². The Balaban J connectivity index is 3.49. The number of hydrogen-bond acceptors (Lipinski definition) is 4. The lowest BCUT2D eigenvalue weighted by molar-refractivity contribution is -0.146. The summed E-state index contributed by atoms with van der Waals surface area (Å²) < 4.78 is 4.88. The van der Waals surface area contributed by atoms with Crippen LogP contribution in [0.3, 0.4) is 0 Å². The van der Waals surface area contributed by atoms with Gasteiger partial charge in [0.05, 0.1) is 18.2 Å². The SMILES string of the molecule is CC(C)OC(=O)CNCC(C)(C)O. The van der Waals surface area contributed by atoms with Gasteiger partial charge in [0, 0.05) is 6.54 Å². The van der Waals surface area contributed by atoms with Crippen molar-refractivity contribution >= 4 is 5.97 Å². The highest BCUT2D eigenvalue weighted by atomic mass is 16.5. The van der Waals surface area contributed by atoms with Crippen molar-refractivity contribution in [1.82, 2.24) is 5.32 Å². The highest BCUT2D eigenvalue weighted by molar-refractivity contribution is 5.71. The summed E-state index contributed by atoms with van der Waals surface area (Å²) in [6.07, 6.45) is -0.0866. The van der Waals surface area contributed by atoms with Crippen LogP contribution in [0.25, 0.3) is 0 Å². The molecule has 13 heavy (non-hydrogen) atoms. The quantitative estimate of drug-likeness (QED) is 0.611. The summed E-state index contributed by atoms with van der Waals surface area (Å²) >= 11 is 0. The van der Waals surface area contributed by atoms with E-state index in [2.05, 4.69) is 5.32 Å². The summed E-state index contributed by atoms with van der Waals surface area (Å²) in [5.41, 5.74) is -0.794. The minimum atomic E-state index is -0.794. The maximum Gasteiger partial charge on any atom is 0.320 e. The third kappa shape index (κ3) is 9.30. The van der Waals surface area contributed by atoms with Crippen LogP contribution >= 0.6 is 0 Å². The van der Waals surface area contributed by atoms with E-state index in [1.54, 1.807) is 27.7 Å². The van der Waals surface area contributed by atoms with Gasteiger partial charge in [0.1, 0.15) is 0 Å². The zero-order chi connectivity index (χ0) is 10.5. The molecule has 4 heteroatoms. The van der Waals surface area contributed by atoms with Gasteiger partial charge >= 0.3 is 5.97 Å². The van der Waals surface area contributed by atoms with Crippen LogP contribution in [0.1, 0.15) is 27.7 Å². The van der Waals surface area contributed by atoms with Crippen LogP contribution in [0.4, 0.5) is 0 Å². The summed E-state index contributed by atoms with van der Waals surface area (Å²) in [7, 11) is 0. The van der Waals surface area contributed by atoms with Crippen LogP contribution in [-0.2, 0) is 9.53 Å². The Morgan fingerprint density at radius 2 is 2.08 bits per heavy atom. The van der Waals surface area contributed by atoms with Crippen LogP contribution in [-0.4, -0.2) is 35.9 Å². The molecule has 2 N–H and O–H groups in total. The van der Waals surface area contributed by atoms with Crippen molar-refractivity contribution in [1.29, 1.82) is 0 Å². The molecule has 0 aromatic heterocycles. The van der Waals surface area contributed by atoms with Crippen molar-refractivity contribution in [2.75, 3.05) is 13.1 Å².